The zero-order valence-electron chi connectivity index (χ0n) is 10.5. The Labute approximate surface area is 128 Å². The van der Waals surface area contributed by atoms with Crippen molar-refractivity contribution in [1.29, 1.82) is 0 Å². The molecule has 3 aromatic rings. The fourth-order valence-corrected chi connectivity index (χ4v) is 4.74. The molecule has 0 bridgehead atoms. The van der Waals surface area contributed by atoms with Crippen molar-refractivity contribution in [1.82, 2.24) is 4.98 Å². The van der Waals surface area contributed by atoms with Crippen LogP contribution in [0.4, 0.5) is 0 Å². The van der Waals surface area contributed by atoms with Crippen LogP contribution in [0.1, 0.15) is 9.88 Å². The van der Waals surface area contributed by atoms with Gasteiger partial charge in [-0.3, -0.25) is 0 Å². The number of fused-ring (bicyclic) bond motifs is 1. The average molecular weight is 354 g/mol. The molecule has 2 heterocycles. The first-order chi connectivity index (χ1) is 9.20. The molecule has 1 aromatic carbocycles. The number of para-hydroxylation sites is 1. The highest BCUT2D eigenvalue weighted by atomic mass is 79.9. The first kappa shape index (κ1) is 13.2. The van der Waals surface area contributed by atoms with E-state index >= 15 is 0 Å². The monoisotopic (exact) mass is 353 g/mol. The molecule has 2 nitrogen and oxygen atoms in total. The van der Waals surface area contributed by atoms with Gasteiger partial charge in [-0.2, -0.15) is 0 Å². The van der Waals surface area contributed by atoms with E-state index in [0.29, 0.717) is 0 Å². The van der Waals surface area contributed by atoms with Crippen molar-refractivity contribution in [3.8, 4) is 0 Å². The van der Waals surface area contributed by atoms with Gasteiger partial charge >= 0.3 is 0 Å². The second kappa shape index (κ2) is 5.71. The molecule has 19 heavy (non-hydrogen) atoms. The number of rotatable bonds is 4. The summed E-state index contributed by atoms with van der Waals surface area (Å²) in [7, 11) is 2.22. The van der Waals surface area contributed by atoms with E-state index in [1.54, 1.807) is 11.3 Å². The highest BCUT2D eigenvalue weighted by molar-refractivity contribution is 9.11. The fraction of sp³-hybridized carbons (Fsp3) is 0.214. The van der Waals surface area contributed by atoms with Crippen LogP contribution < -0.4 is 4.90 Å². The van der Waals surface area contributed by atoms with Crippen molar-refractivity contribution >= 4 is 48.8 Å². The third kappa shape index (κ3) is 3.23. The van der Waals surface area contributed by atoms with Gasteiger partial charge in [0, 0.05) is 0 Å². The summed E-state index contributed by atoms with van der Waals surface area (Å²) in [6, 6.07) is 12.7. The highest BCUT2D eigenvalue weighted by Gasteiger charge is 2.10. The van der Waals surface area contributed by atoms with Crippen LogP contribution >= 0.6 is 38.6 Å². The van der Waals surface area contributed by atoms with Crippen molar-refractivity contribution in [2.75, 3.05) is 7.05 Å². The number of hydrogen-bond donors (Lipinski definition) is 1. The number of aromatic nitrogens is 1. The van der Waals surface area contributed by atoms with Crippen molar-refractivity contribution in [3.63, 3.8) is 0 Å². The van der Waals surface area contributed by atoms with E-state index in [4.69, 9.17) is 4.98 Å². The van der Waals surface area contributed by atoms with E-state index in [0.717, 1.165) is 18.6 Å². The van der Waals surface area contributed by atoms with Crippen LogP contribution in [0.25, 0.3) is 10.2 Å². The Morgan fingerprint density at radius 3 is 2.68 bits per heavy atom. The van der Waals surface area contributed by atoms with Gasteiger partial charge in [0.25, 0.3) is 0 Å². The van der Waals surface area contributed by atoms with Gasteiger partial charge in [-0.1, -0.05) is 12.1 Å². The van der Waals surface area contributed by atoms with E-state index in [9.17, 15) is 0 Å². The first-order valence-electron chi connectivity index (χ1n) is 6.10. The minimum absolute atomic E-state index is 0.981. The molecule has 0 saturated carbocycles. The molecule has 0 amide bonds. The molecule has 0 radical (unpaired) electrons. The third-order valence-corrected chi connectivity index (χ3v) is 5.56. The molecule has 0 spiro atoms. The van der Waals surface area contributed by atoms with Crippen molar-refractivity contribution < 1.29 is 4.90 Å². The Morgan fingerprint density at radius 2 is 1.95 bits per heavy atom. The Morgan fingerprint density at radius 1 is 1.11 bits per heavy atom. The lowest BCUT2D eigenvalue weighted by Gasteiger charge is -2.10. The van der Waals surface area contributed by atoms with E-state index < -0.39 is 0 Å². The Hall–Kier alpha value is -0.750. The summed E-state index contributed by atoms with van der Waals surface area (Å²) >= 11 is 7.13. The second-order valence-corrected chi connectivity index (χ2v) is 8.25. The van der Waals surface area contributed by atoms with Gasteiger partial charge in [-0.25, -0.2) is 4.98 Å². The fourth-order valence-electron chi connectivity index (χ4n) is 2.06. The molecule has 0 aliphatic carbocycles. The van der Waals surface area contributed by atoms with Gasteiger partial charge in [0.1, 0.15) is 18.1 Å². The standard InChI is InChI=1S/C14H13BrN2S2/c1-17(8-10-6-7-13(15)18-10)9-14-16-11-4-2-3-5-12(11)19-14/h2-7H,8-9H2,1H3/p+1. The summed E-state index contributed by atoms with van der Waals surface area (Å²) < 4.78 is 2.49. The molecule has 0 fully saturated rings. The van der Waals surface area contributed by atoms with E-state index in [2.05, 4.69) is 53.3 Å². The normalized spacial score (nSPS) is 12.9. The molecule has 3 rings (SSSR count). The first-order valence-corrected chi connectivity index (χ1v) is 8.53. The highest BCUT2D eigenvalue weighted by Crippen LogP contribution is 2.22. The summed E-state index contributed by atoms with van der Waals surface area (Å²) in [5.74, 6) is 0. The predicted molar refractivity (Wildman–Crippen MR) is 85.9 cm³/mol. The number of nitrogens with one attached hydrogen (secondary N) is 1. The Kier molecular flexibility index (Phi) is 3.98. The maximum absolute atomic E-state index is 4.69. The number of thiophene rings is 1. The summed E-state index contributed by atoms with van der Waals surface area (Å²) in [4.78, 5) is 7.57. The largest absolute Gasteiger partial charge is 0.327 e. The Balaban J connectivity index is 1.70. The molecule has 5 heteroatoms. The number of quaternary nitrogens is 1. The van der Waals surface area contributed by atoms with Crippen LogP contribution in [0, 0.1) is 0 Å². The van der Waals surface area contributed by atoms with E-state index in [1.807, 2.05) is 17.4 Å². The molecule has 2 aromatic heterocycles. The summed E-state index contributed by atoms with van der Waals surface area (Å²) in [5, 5.41) is 1.22. The molecule has 0 aliphatic rings. The minimum atomic E-state index is 0.981. The molecular formula is C14H14BrN2S2+. The van der Waals surface area contributed by atoms with Crippen molar-refractivity contribution in [2.45, 2.75) is 13.1 Å². The molecule has 0 aliphatic heterocycles. The maximum Gasteiger partial charge on any atom is 0.148 e. The van der Waals surface area contributed by atoms with Gasteiger partial charge in [-0.15, -0.1) is 22.7 Å². The molecule has 98 valence electrons. The van der Waals surface area contributed by atoms with Gasteiger partial charge in [0.15, 0.2) is 0 Å². The number of benzene rings is 1. The van der Waals surface area contributed by atoms with Crippen LogP contribution in [0.2, 0.25) is 0 Å². The topological polar surface area (TPSA) is 17.3 Å². The van der Waals surface area contributed by atoms with Gasteiger partial charge in [0.2, 0.25) is 0 Å². The molecular weight excluding hydrogens is 340 g/mol. The average Bonchev–Trinajstić information content (AvgIpc) is 2.94. The zero-order chi connectivity index (χ0) is 13.2. The predicted octanol–water partition coefficient (Wildman–Crippen LogP) is 3.34. The van der Waals surface area contributed by atoms with Crippen molar-refractivity contribution in [3.05, 3.63) is 50.1 Å². The molecule has 1 atom stereocenters. The van der Waals surface area contributed by atoms with Crippen LogP contribution in [-0.4, -0.2) is 12.0 Å². The third-order valence-electron chi connectivity index (χ3n) is 2.90. The number of hydrogen-bond acceptors (Lipinski definition) is 3. The Bertz CT molecular complexity index is 656. The van der Waals surface area contributed by atoms with Gasteiger partial charge < -0.3 is 4.90 Å². The summed E-state index contributed by atoms with van der Waals surface area (Å²) in [6.07, 6.45) is 0. The maximum atomic E-state index is 4.69. The second-order valence-electron chi connectivity index (χ2n) is 4.59. The van der Waals surface area contributed by atoms with Gasteiger partial charge in [0.05, 0.1) is 25.9 Å². The number of thiazole rings is 1. The van der Waals surface area contributed by atoms with E-state index in [1.165, 1.54) is 23.3 Å². The smallest absolute Gasteiger partial charge is 0.148 e. The molecule has 1 unspecified atom stereocenters. The molecule has 1 N–H and O–H groups in total. The molecule has 0 saturated heterocycles. The summed E-state index contributed by atoms with van der Waals surface area (Å²) in [6.45, 7) is 2.03. The minimum Gasteiger partial charge on any atom is -0.327 e. The number of nitrogens with zero attached hydrogens (tertiary/aromatic N) is 1. The SMILES string of the molecule is C[NH+](Cc1ccc(Br)s1)Cc1nc2ccccc2s1. The number of halogens is 1. The van der Waals surface area contributed by atoms with Crippen LogP contribution in [0.15, 0.2) is 40.2 Å². The van der Waals surface area contributed by atoms with E-state index in [-0.39, 0.29) is 0 Å². The van der Waals surface area contributed by atoms with Crippen LogP contribution in [0.5, 0.6) is 0 Å². The van der Waals surface area contributed by atoms with Crippen LogP contribution in [-0.2, 0) is 13.1 Å². The summed E-state index contributed by atoms with van der Waals surface area (Å²) in [5.41, 5.74) is 1.12. The van der Waals surface area contributed by atoms with Crippen LogP contribution in [0.3, 0.4) is 0 Å². The lowest BCUT2D eigenvalue weighted by molar-refractivity contribution is -0.907. The van der Waals surface area contributed by atoms with Crippen molar-refractivity contribution in [2.24, 2.45) is 0 Å². The quantitative estimate of drug-likeness (QED) is 0.761. The van der Waals surface area contributed by atoms with Gasteiger partial charge in [-0.05, 0) is 40.2 Å². The lowest BCUT2D eigenvalue weighted by Crippen LogP contribution is -3.06. The zero-order valence-corrected chi connectivity index (χ0v) is 13.7. The lowest BCUT2D eigenvalue weighted by atomic mass is 10.3.